The molecule has 0 aromatic heterocycles. The first-order valence-corrected chi connectivity index (χ1v) is 11.2. The van der Waals surface area contributed by atoms with Crippen LogP contribution in [0.3, 0.4) is 0 Å². The zero-order valence-corrected chi connectivity index (χ0v) is 19.4. The molecule has 0 aliphatic carbocycles. The Hall–Kier alpha value is -1.44. The predicted octanol–water partition coefficient (Wildman–Crippen LogP) is 2.78. The van der Waals surface area contributed by atoms with Crippen molar-refractivity contribution in [2.75, 3.05) is 19.1 Å². The van der Waals surface area contributed by atoms with E-state index < -0.39 is 23.8 Å². The summed E-state index contributed by atoms with van der Waals surface area (Å²) >= 11 is 1.61. The number of nitrogens with zero attached hydrogens (tertiary/aromatic N) is 1. The van der Waals surface area contributed by atoms with Crippen molar-refractivity contribution in [3.63, 3.8) is 0 Å². The SMILES string of the molecule is CNC(=O)[C@@H]1CC[C@H](C(C)(C)C)N1C(=O)[C@H](CCSC)NC(=O)OC(C)(C)C. The molecule has 162 valence electrons. The Morgan fingerprint density at radius 2 is 1.75 bits per heavy atom. The molecule has 1 aliphatic rings. The average Bonchev–Trinajstić information content (AvgIpc) is 3.00. The van der Waals surface area contributed by atoms with Crippen molar-refractivity contribution >= 4 is 29.7 Å². The lowest BCUT2D eigenvalue weighted by Crippen LogP contribution is -2.58. The maximum absolute atomic E-state index is 13.5. The number of rotatable bonds is 6. The summed E-state index contributed by atoms with van der Waals surface area (Å²) < 4.78 is 5.34. The minimum atomic E-state index is -0.725. The smallest absolute Gasteiger partial charge is 0.408 e. The van der Waals surface area contributed by atoms with Gasteiger partial charge in [0.15, 0.2) is 0 Å². The Morgan fingerprint density at radius 3 is 2.21 bits per heavy atom. The highest BCUT2D eigenvalue weighted by Gasteiger charge is 2.47. The van der Waals surface area contributed by atoms with Crippen LogP contribution in [0, 0.1) is 5.41 Å². The molecule has 0 spiro atoms. The lowest BCUT2D eigenvalue weighted by Gasteiger charge is -2.39. The number of hydrogen-bond donors (Lipinski definition) is 2. The number of amides is 3. The second-order valence-corrected chi connectivity index (χ2v) is 10.3. The molecule has 0 aromatic carbocycles. The van der Waals surface area contributed by atoms with Crippen LogP contribution in [0.5, 0.6) is 0 Å². The van der Waals surface area contributed by atoms with Crippen LogP contribution in [-0.4, -0.2) is 65.6 Å². The highest BCUT2D eigenvalue weighted by Crippen LogP contribution is 2.37. The van der Waals surface area contributed by atoms with Gasteiger partial charge in [0.2, 0.25) is 11.8 Å². The molecule has 0 unspecified atom stereocenters. The Morgan fingerprint density at radius 1 is 1.14 bits per heavy atom. The maximum Gasteiger partial charge on any atom is 0.408 e. The molecule has 28 heavy (non-hydrogen) atoms. The van der Waals surface area contributed by atoms with Crippen molar-refractivity contribution in [3.05, 3.63) is 0 Å². The minimum Gasteiger partial charge on any atom is -0.444 e. The maximum atomic E-state index is 13.5. The fourth-order valence-corrected chi connectivity index (χ4v) is 3.99. The van der Waals surface area contributed by atoms with E-state index in [0.717, 1.165) is 6.42 Å². The first kappa shape index (κ1) is 24.6. The number of thioether (sulfide) groups is 1. The molecule has 3 amide bonds. The van der Waals surface area contributed by atoms with Crippen LogP contribution in [0.15, 0.2) is 0 Å². The Bertz CT molecular complexity index is 569. The zero-order valence-electron chi connectivity index (χ0n) is 18.5. The number of carbonyl (C=O) groups excluding carboxylic acids is 3. The van der Waals surface area contributed by atoms with Gasteiger partial charge in [-0.1, -0.05) is 20.8 Å². The molecule has 0 aromatic rings. The van der Waals surface area contributed by atoms with Crippen LogP contribution in [0.1, 0.15) is 60.8 Å². The van der Waals surface area contributed by atoms with Crippen molar-refractivity contribution in [1.82, 2.24) is 15.5 Å². The van der Waals surface area contributed by atoms with Gasteiger partial charge >= 0.3 is 6.09 Å². The van der Waals surface area contributed by atoms with Gasteiger partial charge in [-0.05, 0) is 57.5 Å². The van der Waals surface area contributed by atoms with E-state index in [1.54, 1.807) is 44.5 Å². The molecule has 1 aliphatic heterocycles. The summed E-state index contributed by atoms with van der Waals surface area (Å²) in [5.74, 6) is 0.331. The first-order chi connectivity index (χ1) is 12.8. The van der Waals surface area contributed by atoms with E-state index in [0.29, 0.717) is 18.6 Å². The normalized spacial score (nSPS) is 21.2. The van der Waals surface area contributed by atoms with E-state index in [1.165, 1.54) is 0 Å². The third-order valence-electron chi connectivity index (χ3n) is 4.79. The van der Waals surface area contributed by atoms with Crippen molar-refractivity contribution < 1.29 is 19.1 Å². The third-order valence-corrected chi connectivity index (χ3v) is 5.43. The first-order valence-electron chi connectivity index (χ1n) is 9.84. The van der Waals surface area contributed by atoms with Gasteiger partial charge in [-0.2, -0.15) is 11.8 Å². The molecule has 1 saturated heterocycles. The molecule has 0 bridgehead atoms. The summed E-state index contributed by atoms with van der Waals surface area (Å²) in [7, 11) is 1.58. The summed E-state index contributed by atoms with van der Waals surface area (Å²) in [5.41, 5.74) is -0.822. The lowest BCUT2D eigenvalue weighted by molar-refractivity contribution is -0.143. The zero-order chi connectivity index (χ0) is 21.7. The van der Waals surface area contributed by atoms with E-state index >= 15 is 0 Å². The average molecular weight is 416 g/mol. The largest absolute Gasteiger partial charge is 0.444 e. The quantitative estimate of drug-likeness (QED) is 0.696. The number of alkyl carbamates (subject to hydrolysis) is 1. The van der Waals surface area contributed by atoms with E-state index in [1.807, 2.05) is 6.26 Å². The van der Waals surface area contributed by atoms with Gasteiger partial charge in [0.05, 0.1) is 0 Å². The molecule has 3 atom stereocenters. The summed E-state index contributed by atoms with van der Waals surface area (Å²) in [5, 5.41) is 5.41. The second-order valence-electron chi connectivity index (χ2n) is 9.32. The summed E-state index contributed by atoms with van der Waals surface area (Å²) in [6.07, 6.45) is 3.20. The summed E-state index contributed by atoms with van der Waals surface area (Å²) in [6.45, 7) is 11.6. The number of nitrogens with one attached hydrogen (secondary N) is 2. The second kappa shape index (κ2) is 9.85. The van der Waals surface area contributed by atoms with Crippen LogP contribution in [0.25, 0.3) is 0 Å². The Balaban J connectivity index is 3.12. The van der Waals surface area contributed by atoms with Crippen molar-refractivity contribution in [3.8, 4) is 0 Å². The topological polar surface area (TPSA) is 87.7 Å². The number of ether oxygens (including phenoxy) is 1. The monoisotopic (exact) mass is 415 g/mol. The van der Waals surface area contributed by atoms with Crippen molar-refractivity contribution in [1.29, 1.82) is 0 Å². The number of carbonyl (C=O) groups is 3. The van der Waals surface area contributed by atoms with Gasteiger partial charge in [-0.25, -0.2) is 4.79 Å². The third kappa shape index (κ3) is 6.87. The molecule has 8 heteroatoms. The summed E-state index contributed by atoms with van der Waals surface area (Å²) in [6, 6.07) is -1.31. The van der Waals surface area contributed by atoms with Gasteiger partial charge in [-0.3, -0.25) is 9.59 Å². The molecule has 7 nitrogen and oxygen atoms in total. The van der Waals surface area contributed by atoms with E-state index in [4.69, 9.17) is 4.74 Å². The molecular formula is C20H37N3O4S. The lowest BCUT2D eigenvalue weighted by atomic mass is 9.85. The molecule has 2 N–H and O–H groups in total. The molecule has 0 radical (unpaired) electrons. The van der Waals surface area contributed by atoms with Crippen molar-refractivity contribution in [2.24, 2.45) is 5.41 Å². The molecule has 1 rings (SSSR count). The minimum absolute atomic E-state index is 0.0699. The van der Waals surface area contributed by atoms with Crippen LogP contribution in [0.2, 0.25) is 0 Å². The van der Waals surface area contributed by atoms with Crippen LogP contribution in [-0.2, 0) is 14.3 Å². The van der Waals surface area contributed by atoms with Gasteiger partial charge in [0.1, 0.15) is 17.7 Å². The number of likely N-dealkylation sites (tertiary alicyclic amines) is 1. The van der Waals surface area contributed by atoms with Crippen LogP contribution in [0.4, 0.5) is 4.79 Å². The van der Waals surface area contributed by atoms with E-state index in [-0.39, 0.29) is 23.3 Å². The molecule has 1 fully saturated rings. The van der Waals surface area contributed by atoms with Gasteiger partial charge in [0, 0.05) is 13.1 Å². The Kier molecular flexibility index (Phi) is 8.65. The highest BCUT2D eigenvalue weighted by atomic mass is 32.2. The van der Waals surface area contributed by atoms with Gasteiger partial charge in [0.25, 0.3) is 0 Å². The summed E-state index contributed by atoms with van der Waals surface area (Å²) in [4.78, 5) is 39.9. The van der Waals surface area contributed by atoms with E-state index in [9.17, 15) is 14.4 Å². The predicted molar refractivity (Wildman–Crippen MR) is 113 cm³/mol. The fraction of sp³-hybridized carbons (Fsp3) is 0.850. The highest BCUT2D eigenvalue weighted by molar-refractivity contribution is 7.98. The van der Waals surface area contributed by atoms with Gasteiger partial charge < -0.3 is 20.3 Å². The Labute approximate surface area is 173 Å². The molecule has 0 saturated carbocycles. The van der Waals surface area contributed by atoms with Crippen molar-refractivity contribution in [2.45, 2.75) is 84.5 Å². The van der Waals surface area contributed by atoms with E-state index in [2.05, 4.69) is 31.4 Å². The van der Waals surface area contributed by atoms with Crippen LogP contribution >= 0.6 is 11.8 Å². The number of hydrogen-bond acceptors (Lipinski definition) is 5. The molecular weight excluding hydrogens is 378 g/mol. The number of likely N-dealkylation sites (N-methyl/N-ethyl adjacent to an activating group) is 1. The standard InChI is InChI=1S/C20H37N3O4S/c1-19(2,3)15-10-9-14(16(24)21-7)23(15)17(25)13(11-12-28-8)22-18(26)27-20(4,5)6/h13-15H,9-12H2,1-8H3,(H,21,24)(H,22,26)/t13-,14-,15+/m0/s1. The fourth-order valence-electron chi connectivity index (χ4n) is 3.52. The van der Waals surface area contributed by atoms with Gasteiger partial charge in [-0.15, -0.1) is 0 Å². The molecule has 1 heterocycles. The van der Waals surface area contributed by atoms with Crippen LogP contribution < -0.4 is 10.6 Å².